The third-order valence-electron chi connectivity index (χ3n) is 6.30. The van der Waals surface area contributed by atoms with Gasteiger partial charge in [-0.1, -0.05) is 11.3 Å². The van der Waals surface area contributed by atoms with E-state index in [1.54, 1.807) is 57.2 Å². The Labute approximate surface area is 229 Å². The van der Waals surface area contributed by atoms with E-state index in [9.17, 15) is 19.5 Å². The number of anilines is 1. The number of Topliss-reactive ketones (excluding diaryl/α,β-unsaturated/α-hetero) is 1. The Morgan fingerprint density at radius 1 is 1.03 bits per heavy atom. The molecule has 1 N–H and O–H groups in total. The molecular formula is C28H28N2O8S. The summed E-state index contributed by atoms with van der Waals surface area (Å²) in [6.45, 7) is 5.26. The van der Waals surface area contributed by atoms with E-state index >= 15 is 0 Å². The van der Waals surface area contributed by atoms with Crippen LogP contribution in [0.2, 0.25) is 0 Å². The molecule has 1 aliphatic heterocycles. The van der Waals surface area contributed by atoms with Crippen molar-refractivity contribution in [3.63, 3.8) is 0 Å². The average Bonchev–Trinajstić information content (AvgIpc) is 3.44. The fourth-order valence-corrected chi connectivity index (χ4v) is 5.42. The second-order valence-electron chi connectivity index (χ2n) is 8.59. The fraction of sp³-hybridized carbons (Fsp3) is 0.286. The van der Waals surface area contributed by atoms with Gasteiger partial charge in [0.05, 0.1) is 39.2 Å². The molecule has 204 valence electrons. The number of aromatic nitrogens is 1. The van der Waals surface area contributed by atoms with E-state index in [0.29, 0.717) is 34.1 Å². The summed E-state index contributed by atoms with van der Waals surface area (Å²) in [5.74, 6) is -1.40. The van der Waals surface area contributed by atoms with E-state index in [2.05, 4.69) is 4.98 Å². The molecule has 0 unspecified atom stereocenters. The van der Waals surface area contributed by atoms with Crippen molar-refractivity contribution in [1.82, 2.24) is 4.98 Å². The maximum Gasteiger partial charge on any atom is 0.350 e. The summed E-state index contributed by atoms with van der Waals surface area (Å²) < 4.78 is 21.4. The molecule has 39 heavy (non-hydrogen) atoms. The van der Waals surface area contributed by atoms with Gasteiger partial charge in [-0.2, -0.15) is 0 Å². The first-order valence-electron chi connectivity index (χ1n) is 12.0. The first-order chi connectivity index (χ1) is 18.7. The first-order valence-corrected chi connectivity index (χ1v) is 12.8. The van der Waals surface area contributed by atoms with Crippen LogP contribution in [0, 0.1) is 13.8 Å². The maximum absolute atomic E-state index is 13.6. The van der Waals surface area contributed by atoms with Crippen LogP contribution in [0.4, 0.5) is 5.13 Å². The quantitative estimate of drug-likeness (QED) is 0.185. The van der Waals surface area contributed by atoms with Crippen molar-refractivity contribution in [2.45, 2.75) is 26.8 Å². The molecule has 10 nitrogen and oxygen atoms in total. The van der Waals surface area contributed by atoms with Crippen LogP contribution in [0.3, 0.4) is 0 Å². The lowest BCUT2D eigenvalue weighted by Crippen LogP contribution is -2.29. The summed E-state index contributed by atoms with van der Waals surface area (Å²) in [6, 6.07) is 8.72. The van der Waals surface area contributed by atoms with Crippen molar-refractivity contribution in [2.75, 3.05) is 32.8 Å². The lowest BCUT2D eigenvalue weighted by Gasteiger charge is -2.25. The van der Waals surface area contributed by atoms with Crippen LogP contribution in [-0.4, -0.2) is 55.7 Å². The highest BCUT2D eigenvalue weighted by molar-refractivity contribution is 7.17. The number of ether oxygens (including phenoxy) is 4. The Morgan fingerprint density at radius 3 is 2.33 bits per heavy atom. The second kappa shape index (κ2) is 11.2. The molecule has 1 fully saturated rings. The lowest BCUT2D eigenvalue weighted by atomic mass is 9.94. The van der Waals surface area contributed by atoms with Crippen LogP contribution in [0.5, 0.6) is 17.2 Å². The molecule has 0 spiro atoms. The van der Waals surface area contributed by atoms with Crippen molar-refractivity contribution >= 4 is 39.9 Å². The molecule has 2 heterocycles. The molecule has 1 aliphatic rings. The number of carbonyl (C=O) groups excluding carboxylic acids is 3. The van der Waals surface area contributed by atoms with Gasteiger partial charge in [0.2, 0.25) is 0 Å². The summed E-state index contributed by atoms with van der Waals surface area (Å²) in [5.41, 5.74) is 1.61. The molecule has 11 heteroatoms. The Balaban J connectivity index is 1.99. The minimum atomic E-state index is -1.14. The summed E-state index contributed by atoms with van der Waals surface area (Å²) in [4.78, 5) is 45.4. The lowest BCUT2D eigenvalue weighted by molar-refractivity contribution is -0.132. The third kappa shape index (κ3) is 4.92. The number of hydrogen-bond acceptors (Lipinski definition) is 10. The van der Waals surface area contributed by atoms with Crippen molar-refractivity contribution < 1.29 is 38.4 Å². The van der Waals surface area contributed by atoms with Crippen LogP contribution in [-0.2, 0) is 14.3 Å². The van der Waals surface area contributed by atoms with Gasteiger partial charge in [-0.3, -0.25) is 14.5 Å². The topological polar surface area (TPSA) is 124 Å². The highest BCUT2D eigenvalue weighted by Gasteiger charge is 2.49. The Morgan fingerprint density at radius 2 is 1.72 bits per heavy atom. The van der Waals surface area contributed by atoms with Gasteiger partial charge in [0.1, 0.15) is 33.9 Å². The van der Waals surface area contributed by atoms with Crippen LogP contribution < -0.4 is 19.1 Å². The molecule has 3 aromatic rings. The first kappa shape index (κ1) is 27.6. The Bertz CT molecular complexity index is 1490. The predicted molar refractivity (Wildman–Crippen MR) is 145 cm³/mol. The molecule has 0 bridgehead atoms. The molecule has 2 aromatic carbocycles. The number of aliphatic hydroxyl groups excluding tert-OH is 1. The fourth-order valence-electron chi connectivity index (χ4n) is 4.43. The highest BCUT2D eigenvalue weighted by Crippen LogP contribution is 2.47. The zero-order chi connectivity index (χ0) is 28.4. The number of thiazole rings is 1. The van der Waals surface area contributed by atoms with Gasteiger partial charge in [0, 0.05) is 11.1 Å². The van der Waals surface area contributed by atoms with Gasteiger partial charge >= 0.3 is 11.9 Å². The van der Waals surface area contributed by atoms with E-state index in [-0.39, 0.29) is 27.9 Å². The number of methoxy groups -OCH3 is 3. The number of hydrogen-bond donors (Lipinski definition) is 1. The number of amides is 1. The molecule has 0 saturated carbocycles. The third-order valence-corrected chi connectivity index (χ3v) is 7.43. The number of esters is 1. The normalized spacial score (nSPS) is 16.4. The monoisotopic (exact) mass is 552 g/mol. The number of aliphatic hydroxyl groups is 1. The number of aryl methyl sites for hydroxylation is 2. The van der Waals surface area contributed by atoms with E-state index < -0.39 is 23.7 Å². The van der Waals surface area contributed by atoms with Crippen LogP contribution in [0.15, 0.2) is 42.0 Å². The van der Waals surface area contributed by atoms with E-state index in [1.165, 1.54) is 26.2 Å². The van der Waals surface area contributed by atoms with E-state index in [4.69, 9.17) is 18.9 Å². The van der Waals surface area contributed by atoms with Crippen molar-refractivity contribution in [3.8, 4) is 17.2 Å². The molecule has 1 saturated heterocycles. The minimum absolute atomic E-state index is 0.0949. The van der Waals surface area contributed by atoms with Crippen LogP contribution in [0.1, 0.15) is 45.0 Å². The maximum atomic E-state index is 13.6. The zero-order valence-corrected chi connectivity index (χ0v) is 23.2. The molecule has 1 amide bonds. The number of benzene rings is 2. The van der Waals surface area contributed by atoms with E-state index in [0.717, 1.165) is 16.9 Å². The van der Waals surface area contributed by atoms with Gasteiger partial charge in [-0.25, -0.2) is 9.78 Å². The Kier molecular flexibility index (Phi) is 7.91. The van der Waals surface area contributed by atoms with Crippen LogP contribution in [0.25, 0.3) is 5.76 Å². The standard InChI is InChI=1S/C28H28N2O8S/c1-7-38-27(34)25-15(3)29-28(39-25)30-22(18-13-17(35-4)9-11-20(18)37-6)21(24(32)26(30)33)23(31)16-8-10-19(36-5)14(2)12-16/h8-13,22,31H,7H2,1-6H3/b23-21+/t22-/m0/s1. The minimum Gasteiger partial charge on any atom is -0.507 e. The number of carbonyl (C=O) groups is 3. The molecule has 4 rings (SSSR count). The zero-order valence-electron chi connectivity index (χ0n) is 22.4. The van der Waals surface area contributed by atoms with Gasteiger partial charge in [-0.05, 0) is 62.7 Å². The van der Waals surface area contributed by atoms with Crippen LogP contribution >= 0.6 is 11.3 Å². The second-order valence-corrected chi connectivity index (χ2v) is 9.57. The van der Waals surface area contributed by atoms with E-state index in [1.807, 2.05) is 0 Å². The summed E-state index contributed by atoms with van der Waals surface area (Å²) in [6.07, 6.45) is 0. The smallest absolute Gasteiger partial charge is 0.350 e. The SMILES string of the molecule is CCOC(=O)c1sc(N2C(=O)C(=O)/C(=C(/O)c3ccc(OC)c(C)c3)[C@@H]2c2cc(OC)ccc2OC)nc1C. The largest absolute Gasteiger partial charge is 0.507 e. The predicted octanol–water partition coefficient (Wildman–Crippen LogP) is 4.59. The molecular weight excluding hydrogens is 524 g/mol. The average molecular weight is 553 g/mol. The number of rotatable bonds is 8. The van der Waals surface area contributed by atoms with Gasteiger partial charge in [-0.15, -0.1) is 0 Å². The van der Waals surface area contributed by atoms with Gasteiger partial charge in [0.25, 0.3) is 5.78 Å². The number of nitrogens with zero attached hydrogens (tertiary/aromatic N) is 2. The van der Waals surface area contributed by atoms with Gasteiger partial charge < -0.3 is 24.1 Å². The van der Waals surface area contributed by atoms with Crippen molar-refractivity contribution in [1.29, 1.82) is 0 Å². The Hall–Kier alpha value is -4.38. The van der Waals surface area contributed by atoms with Gasteiger partial charge in [0.15, 0.2) is 5.13 Å². The summed E-state index contributed by atoms with van der Waals surface area (Å²) in [7, 11) is 4.47. The molecule has 1 atom stereocenters. The highest BCUT2D eigenvalue weighted by atomic mass is 32.1. The number of ketones is 1. The molecule has 1 aromatic heterocycles. The molecule has 0 aliphatic carbocycles. The summed E-state index contributed by atoms with van der Waals surface area (Å²) >= 11 is 0.924. The van der Waals surface area contributed by atoms with Crippen molar-refractivity contribution in [2.24, 2.45) is 0 Å². The summed E-state index contributed by atoms with van der Waals surface area (Å²) in [5, 5.41) is 11.6. The molecule has 0 radical (unpaired) electrons. The van der Waals surface area contributed by atoms with Crippen molar-refractivity contribution in [3.05, 3.63) is 69.2 Å².